The molecule has 0 heterocycles. The van der Waals surface area contributed by atoms with Gasteiger partial charge in [-0.25, -0.2) is 9.59 Å². The Morgan fingerprint density at radius 3 is 2.14 bits per heavy atom. The van der Waals surface area contributed by atoms with Crippen LogP contribution in [0.3, 0.4) is 0 Å². The topological polar surface area (TPSA) is 80.3 Å². The molecule has 0 aromatic carbocycles. The maximum absolute atomic E-state index is 11.6. The monoisotopic (exact) mass is 318 g/mol. The second-order valence-electron chi connectivity index (χ2n) is 5.42. The number of hydrogen-bond acceptors (Lipinski definition) is 7. The molecule has 128 valence electrons. The number of hydrogen-bond donors (Lipinski definition) is 0. The van der Waals surface area contributed by atoms with Gasteiger partial charge in [-0.1, -0.05) is 6.58 Å². The van der Waals surface area contributed by atoms with E-state index in [1.54, 1.807) is 27.9 Å². The van der Waals surface area contributed by atoms with Gasteiger partial charge in [0.25, 0.3) is 0 Å². The molecule has 7 heteroatoms. The van der Waals surface area contributed by atoms with Crippen LogP contribution in [0.25, 0.3) is 0 Å². The van der Waals surface area contributed by atoms with Crippen molar-refractivity contribution in [3.63, 3.8) is 0 Å². The van der Waals surface area contributed by atoms with Crippen LogP contribution in [0, 0.1) is 0 Å². The lowest BCUT2D eigenvalue weighted by Gasteiger charge is -2.20. The zero-order chi connectivity index (χ0) is 17.0. The standard InChI is InChI=1S/C15H26O7/c1-12(14(17)22-15(2,3)4)10-21-13(16)11-20-9-8-19-7-6-18-5/h1,6-11H2,2-5H3. The predicted molar refractivity (Wildman–Crippen MR) is 79.5 cm³/mol. The molecule has 0 saturated carbocycles. The second kappa shape index (κ2) is 11.2. The molecule has 0 rings (SSSR count). The molecule has 0 N–H and O–H groups in total. The average molecular weight is 318 g/mol. The summed E-state index contributed by atoms with van der Waals surface area (Å²) in [4.78, 5) is 23.0. The Morgan fingerprint density at radius 1 is 0.955 bits per heavy atom. The van der Waals surface area contributed by atoms with Crippen LogP contribution < -0.4 is 0 Å². The highest BCUT2D eigenvalue weighted by Crippen LogP contribution is 2.10. The van der Waals surface area contributed by atoms with Gasteiger partial charge in [-0.15, -0.1) is 0 Å². The number of methoxy groups -OCH3 is 1. The van der Waals surface area contributed by atoms with Crippen molar-refractivity contribution in [2.24, 2.45) is 0 Å². The van der Waals surface area contributed by atoms with Crippen molar-refractivity contribution in [3.05, 3.63) is 12.2 Å². The van der Waals surface area contributed by atoms with Gasteiger partial charge in [0, 0.05) is 7.11 Å². The lowest BCUT2D eigenvalue weighted by atomic mass is 10.2. The molecular weight excluding hydrogens is 292 g/mol. The van der Waals surface area contributed by atoms with E-state index in [0.29, 0.717) is 19.8 Å². The third-order valence-electron chi connectivity index (χ3n) is 2.12. The summed E-state index contributed by atoms with van der Waals surface area (Å²) < 4.78 is 25.0. The summed E-state index contributed by atoms with van der Waals surface area (Å²) in [5, 5.41) is 0. The van der Waals surface area contributed by atoms with E-state index >= 15 is 0 Å². The van der Waals surface area contributed by atoms with Gasteiger partial charge in [0.05, 0.1) is 32.0 Å². The van der Waals surface area contributed by atoms with Crippen molar-refractivity contribution in [1.82, 2.24) is 0 Å². The molecule has 0 atom stereocenters. The molecule has 0 aliphatic rings. The third kappa shape index (κ3) is 12.3. The van der Waals surface area contributed by atoms with Crippen LogP contribution in [0.15, 0.2) is 12.2 Å². The van der Waals surface area contributed by atoms with Gasteiger partial charge in [-0.05, 0) is 20.8 Å². The Bertz CT molecular complexity index is 357. The predicted octanol–water partition coefficient (Wildman–Crippen LogP) is 1.11. The zero-order valence-corrected chi connectivity index (χ0v) is 13.8. The Kier molecular flexibility index (Phi) is 10.4. The maximum Gasteiger partial charge on any atom is 0.337 e. The van der Waals surface area contributed by atoms with E-state index in [1.165, 1.54) is 0 Å². The van der Waals surface area contributed by atoms with E-state index < -0.39 is 17.5 Å². The molecule has 0 aromatic heterocycles. The van der Waals surface area contributed by atoms with Crippen LogP contribution in [0.2, 0.25) is 0 Å². The summed E-state index contributed by atoms with van der Waals surface area (Å²) >= 11 is 0. The number of esters is 2. The SMILES string of the molecule is C=C(COC(=O)COCCOCCOC)C(=O)OC(C)(C)C. The van der Waals surface area contributed by atoms with Crippen LogP contribution in [0.5, 0.6) is 0 Å². The summed E-state index contributed by atoms with van der Waals surface area (Å²) in [6.07, 6.45) is 0. The summed E-state index contributed by atoms with van der Waals surface area (Å²) in [5.74, 6) is -1.17. The van der Waals surface area contributed by atoms with E-state index in [-0.39, 0.29) is 25.4 Å². The minimum absolute atomic E-state index is 0.0752. The maximum atomic E-state index is 11.6. The quantitative estimate of drug-likeness (QED) is 0.321. The Labute approximate surface area is 131 Å². The number of ether oxygens (including phenoxy) is 5. The zero-order valence-electron chi connectivity index (χ0n) is 13.8. The van der Waals surface area contributed by atoms with Crippen LogP contribution in [0.1, 0.15) is 20.8 Å². The fraction of sp³-hybridized carbons (Fsp3) is 0.733. The molecule has 0 amide bonds. The summed E-state index contributed by atoms with van der Waals surface area (Å²) in [5.41, 5.74) is -0.540. The first-order valence-electron chi connectivity index (χ1n) is 6.97. The van der Waals surface area contributed by atoms with E-state index in [1.807, 2.05) is 0 Å². The fourth-order valence-electron chi connectivity index (χ4n) is 1.14. The molecule has 0 aliphatic carbocycles. The minimum Gasteiger partial charge on any atom is -0.459 e. The first-order chi connectivity index (χ1) is 10.3. The van der Waals surface area contributed by atoms with Crippen molar-refractivity contribution in [2.45, 2.75) is 26.4 Å². The number of carbonyl (C=O) groups is 2. The van der Waals surface area contributed by atoms with Gasteiger partial charge < -0.3 is 23.7 Å². The summed E-state index contributed by atoms with van der Waals surface area (Å²) in [6, 6.07) is 0. The van der Waals surface area contributed by atoms with Crippen molar-refractivity contribution < 1.29 is 33.3 Å². The van der Waals surface area contributed by atoms with Crippen LogP contribution >= 0.6 is 0 Å². The fourth-order valence-corrected chi connectivity index (χ4v) is 1.14. The smallest absolute Gasteiger partial charge is 0.337 e. The Morgan fingerprint density at radius 2 is 1.55 bits per heavy atom. The van der Waals surface area contributed by atoms with E-state index in [9.17, 15) is 9.59 Å². The molecule has 0 spiro atoms. The molecule has 0 fully saturated rings. The molecule has 0 saturated heterocycles. The Hall–Kier alpha value is -1.44. The number of carbonyl (C=O) groups excluding carboxylic acids is 2. The third-order valence-corrected chi connectivity index (χ3v) is 2.12. The average Bonchev–Trinajstić information content (AvgIpc) is 2.41. The molecule has 0 aliphatic heterocycles. The van der Waals surface area contributed by atoms with Crippen molar-refractivity contribution in [1.29, 1.82) is 0 Å². The van der Waals surface area contributed by atoms with Crippen LogP contribution in [-0.2, 0) is 33.3 Å². The highest BCUT2D eigenvalue weighted by molar-refractivity contribution is 5.88. The minimum atomic E-state index is -0.615. The van der Waals surface area contributed by atoms with Crippen molar-refractivity contribution in [2.75, 3.05) is 46.8 Å². The summed E-state index contributed by atoms with van der Waals surface area (Å²) in [6.45, 7) is 9.93. The normalized spacial score (nSPS) is 11.1. The molecule has 0 radical (unpaired) electrons. The largest absolute Gasteiger partial charge is 0.459 e. The number of rotatable bonds is 11. The van der Waals surface area contributed by atoms with Crippen molar-refractivity contribution >= 4 is 11.9 Å². The molecule has 22 heavy (non-hydrogen) atoms. The van der Waals surface area contributed by atoms with Gasteiger partial charge in [0.15, 0.2) is 0 Å². The van der Waals surface area contributed by atoms with Gasteiger partial charge in [0.1, 0.15) is 18.8 Å². The van der Waals surface area contributed by atoms with Crippen LogP contribution in [0.4, 0.5) is 0 Å². The summed E-state index contributed by atoms with van der Waals surface area (Å²) in [7, 11) is 1.58. The van der Waals surface area contributed by atoms with Gasteiger partial charge in [-0.3, -0.25) is 0 Å². The van der Waals surface area contributed by atoms with Gasteiger partial charge in [0.2, 0.25) is 0 Å². The highest BCUT2D eigenvalue weighted by atomic mass is 16.6. The van der Waals surface area contributed by atoms with Gasteiger partial charge in [-0.2, -0.15) is 0 Å². The first kappa shape index (κ1) is 20.6. The van der Waals surface area contributed by atoms with E-state index in [4.69, 9.17) is 23.7 Å². The first-order valence-corrected chi connectivity index (χ1v) is 6.97. The highest BCUT2D eigenvalue weighted by Gasteiger charge is 2.19. The van der Waals surface area contributed by atoms with Gasteiger partial charge >= 0.3 is 11.9 Å². The second-order valence-corrected chi connectivity index (χ2v) is 5.42. The lowest BCUT2D eigenvalue weighted by Crippen LogP contribution is -2.26. The molecule has 7 nitrogen and oxygen atoms in total. The molecule has 0 aromatic rings. The molecule has 0 bridgehead atoms. The van der Waals surface area contributed by atoms with E-state index in [0.717, 1.165) is 0 Å². The lowest BCUT2D eigenvalue weighted by molar-refractivity contribution is -0.153. The van der Waals surface area contributed by atoms with Crippen LogP contribution in [-0.4, -0.2) is 64.3 Å². The molecular formula is C15H26O7. The van der Waals surface area contributed by atoms with E-state index in [2.05, 4.69) is 6.58 Å². The molecule has 0 unspecified atom stereocenters. The Balaban J connectivity index is 3.68. The van der Waals surface area contributed by atoms with Crippen molar-refractivity contribution in [3.8, 4) is 0 Å².